The fourth-order valence-corrected chi connectivity index (χ4v) is 2.80. The Kier molecular flexibility index (Phi) is 5.70. The predicted octanol–water partition coefficient (Wildman–Crippen LogP) is 3.90. The van der Waals surface area contributed by atoms with Gasteiger partial charge in [-0.2, -0.15) is 0 Å². The summed E-state index contributed by atoms with van der Waals surface area (Å²) < 4.78 is 6.92. The number of fused-ring (bicyclic) bond motifs is 1. The predicted molar refractivity (Wildman–Crippen MR) is 101 cm³/mol. The van der Waals surface area contributed by atoms with E-state index < -0.39 is 5.97 Å². The molecule has 0 spiro atoms. The zero-order valence-electron chi connectivity index (χ0n) is 15.0. The van der Waals surface area contributed by atoms with Gasteiger partial charge in [0.1, 0.15) is 0 Å². The van der Waals surface area contributed by atoms with Gasteiger partial charge in [-0.1, -0.05) is 12.7 Å². The molecule has 0 amide bonds. The van der Waals surface area contributed by atoms with E-state index in [0.29, 0.717) is 16.8 Å². The van der Waals surface area contributed by atoms with E-state index in [1.807, 2.05) is 18.3 Å². The minimum absolute atomic E-state index is 0.116. The van der Waals surface area contributed by atoms with Crippen LogP contribution in [0.3, 0.4) is 0 Å². The summed E-state index contributed by atoms with van der Waals surface area (Å²) >= 11 is 0. The molecule has 2 aromatic heterocycles. The van der Waals surface area contributed by atoms with Gasteiger partial charge in [-0.05, 0) is 43.2 Å². The fourth-order valence-electron chi connectivity index (χ4n) is 2.80. The smallest absolute Gasteiger partial charge is 0.338 e. The Morgan fingerprint density at radius 2 is 2.08 bits per heavy atom. The second kappa shape index (κ2) is 7.75. The standard InChI is InChI=1S/C20H22N2O3/c1-6-15(8-9-21-5)16-10-17-11-18(20(24)25-7-2)13(3)19(14(4)23)22(17)12-16/h6,8-12H,1,7H2,2-5H3/b15-8+,21-9?. The molecular formula is C20H22N2O3. The van der Waals surface area contributed by atoms with Crippen LogP contribution in [0.15, 0.2) is 42.1 Å². The quantitative estimate of drug-likeness (QED) is 0.347. The Bertz CT molecular complexity index is 901. The van der Waals surface area contributed by atoms with Gasteiger partial charge in [0.2, 0.25) is 0 Å². The lowest BCUT2D eigenvalue weighted by Gasteiger charge is -2.12. The topological polar surface area (TPSA) is 60.1 Å². The van der Waals surface area contributed by atoms with Crippen molar-refractivity contribution in [3.05, 3.63) is 59.4 Å². The van der Waals surface area contributed by atoms with Crippen molar-refractivity contribution < 1.29 is 14.3 Å². The molecule has 0 atom stereocenters. The van der Waals surface area contributed by atoms with Crippen LogP contribution in [-0.4, -0.2) is 36.0 Å². The van der Waals surface area contributed by atoms with Gasteiger partial charge in [0.15, 0.2) is 5.78 Å². The third kappa shape index (κ3) is 3.60. The third-order valence-corrected chi connectivity index (χ3v) is 3.93. The Morgan fingerprint density at radius 3 is 2.64 bits per heavy atom. The summed E-state index contributed by atoms with van der Waals surface area (Å²) in [7, 11) is 1.69. The molecule has 0 unspecified atom stereocenters. The highest BCUT2D eigenvalue weighted by Gasteiger charge is 2.20. The van der Waals surface area contributed by atoms with Crippen molar-refractivity contribution in [1.29, 1.82) is 0 Å². The molecule has 5 nitrogen and oxygen atoms in total. The molecule has 130 valence electrons. The number of allylic oxidation sites excluding steroid dienone is 3. The van der Waals surface area contributed by atoms with E-state index >= 15 is 0 Å². The maximum absolute atomic E-state index is 12.2. The number of carbonyl (C=O) groups excluding carboxylic acids is 2. The lowest BCUT2D eigenvalue weighted by atomic mass is 10.0. The number of hydrogen-bond acceptors (Lipinski definition) is 4. The number of carbonyl (C=O) groups is 2. The molecule has 0 saturated carbocycles. The van der Waals surface area contributed by atoms with Gasteiger partial charge in [0.25, 0.3) is 0 Å². The molecule has 0 aliphatic heterocycles. The van der Waals surface area contributed by atoms with Gasteiger partial charge < -0.3 is 9.14 Å². The van der Waals surface area contributed by atoms with Crippen LogP contribution in [0.25, 0.3) is 11.1 Å². The number of ether oxygens (including phenoxy) is 1. The molecule has 0 aliphatic rings. The van der Waals surface area contributed by atoms with E-state index in [-0.39, 0.29) is 12.4 Å². The van der Waals surface area contributed by atoms with Gasteiger partial charge in [-0.25, -0.2) is 4.79 Å². The van der Waals surface area contributed by atoms with Crippen molar-refractivity contribution in [2.24, 2.45) is 4.99 Å². The minimum Gasteiger partial charge on any atom is -0.462 e. The van der Waals surface area contributed by atoms with Gasteiger partial charge in [-0.3, -0.25) is 9.79 Å². The summed E-state index contributed by atoms with van der Waals surface area (Å²) in [5, 5.41) is 0. The molecule has 0 radical (unpaired) electrons. The second-order valence-electron chi connectivity index (χ2n) is 5.57. The van der Waals surface area contributed by atoms with E-state index in [4.69, 9.17) is 4.74 Å². The van der Waals surface area contributed by atoms with Crippen molar-refractivity contribution >= 4 is 29.1 Å². The van der Waals surface area contributed by atoms with Crippen molar-refractivity contribution in [3.63, 3.8) is 0 Å². The zero-order valence-corrected chi connectivity index (χ0v) is 15.0. The molecule has 0 aliphatic carbocycles. The van der Waals surface area contributed by atoms with Crippen LogP contribution >= 0.6 is 0 Å². The Labute approximate surface area is 147 Å². The van der Waals surface area contributed by atoms with Crippen molar-refractivity contribution in [3.8, 4) is 0 Å². The second-order valence-corrected chi connectivity index (χ2v) is 5.57. The van der Waals surface area contributed by atoms with Crippen LogP contribution < -0.4 is 0 Å². The summed E-state index contributed by atoms with van der Waals surface area (Å²) in [6.45, 7) is 9.11. The van der Waals surface area contributed by atoms with Crippen LogP contribution in [0, 0.1) is 6.92 Å². The number of ketones is 1. The summed E-state index contributed by atoms with van der Waals surface area (Å²) in [6, 6.07) is 3.66. The molecular weight excluding hydrogens is 316 g/mol. The lowest BCUT2D eigenvalue weighted by Crippen LogP contribution is -2.13. The molecule has 0 fully saturated rings. The minimum atomic E-state index is -0.426. The monoisotopic (exact) mass is 338 g/mol. The first-order valence-corrected chi connectivity index (χ1v) is 8.03. The zero-order chi connectivity index (χ0) is 18.6. The van der Waals surface area contributed by atoms with Crippen molar-refractivity contribution in [1.82, 2.24) is 4.40 Å². The molecule has 0 aromatic carbocycles. The average molecular weight is 338 g/mol. The van der Waals surface area contributed by atoms with E-state index in [9.17, 15) is 9.59 Å². The summed E-state index contributed by atoms with van der Waals surface area (Å²) in [4.78, 5) is 28.4. The van der Waals surface area contributed by atoms with Gasteiger partial charge >= 0.3 is 5.97 Å². The van der Waals surface area contributed by atoms with Crippen LogP contribution in [0.5, 0.6) is 0 Å². The highest BCUT2D eigenvalue weighted by molar-refractivity contribution is 6.01. The largest absolute Gasteiger partial charge is 0.462 e. The number of rotatable bonds is 6. The first-order valence-electron chi connectivity index (χ1n) is 8.03. The first kappa shape index (κ1) is 18.4. The van der Waals surface area contributed by atoms with Crippen molar-refractivity contribution in [2.45, 2.75) is 20.8 Å². The Hall–Kier alpha value is -2.95. The molecule has 2 rings (SSSR count). The van der Waals surface area contributed by atoms with Gasteiger partial charge in [0.05, 0.1) is 17.9 Å². The number of Topliss-reactive ketones (excluding diaryl/α,β-unsaturated/α-hetero) is 1. The Morgan fingerprint density at radius 1 is 1.36 bits per heavy atom. The normalized spacial score (nSPS) is 11.9. The van der Waals surface area contributed by atoms with E-state index in [1.54, 1.807) is 43.7 Å². The number of hydrogen-bond donors (Lipinski definition) is 0. The lowest BCUT2D eigenvalue weighted by molar-refractivity contribution is 0.0525. The molecule has 2 aromatic rings. The van der Waals surface area contributed by atoms with Crippen LogP contribution in [0.2, 0.25) is 0 Å². The number of esters is 1. The fraction of sp³-hybridized carbons (Fsp3) is 0.250. The van der Waals surface area contributed by atoms with E-state index in [0.717, 1.165) is 16.7 Å². The van der Waals surface area contributed by atoms with Crippen LogP contribution in [0.4, 0.5) is 0 Å². The highest BCUT2D eigenvalue weighted by atomic mass is 16.5. The average Bonchev–Trinajstić information content (AvgIpc) is 2.97. The summed E-state index contributed by atoms with van der Waals surface area (Å²) in [5.41, 5.74) is 4.00. The Balaban J connectivity index is 2.76. The summed E-state index contributed by atoms with van der Waals surface area (Å²) in [5.74, 6) is -0.541. The van der Waals surface area contributed by atoms with Crippen molar-refractivity contribution in [2.75, 3.05) is 13.7 Å². The maximum Gasteiger partial charge on any atom is 0.338 e. The molecule has 0 bridgehead atoms. The highest BCUT2D eigenvalue weighted by Crippen LogP contribution is 2.25. The molecule has 0 N–H and O–H groups in total. The van der Waals surface area contributed by atoms with Crippen LogP contribution in [-0.2, 0) is 4.74 Å². The number of nitrogens with zero attached hydrogens (tertiary/aromatic N) is 2. The SMILES string of the molecule is C=C/C(=C\C=NC)c1cc2cc(C(=O)OCC)c(C)c(C(C)=O)n2c1. The van der Waals surface area contributed by atoms with Gasteiger partial charge in [0, 0.05) is 37.5 Å². The maximum atomic E-state index is 12.2. The summed E-state index contributed by atoms with van der Waals surface area (Å²) in [6.07, 6.45) is 7.11. The molecule has 5 heteroatoms. The number of aromatic nitrogens is 1. The van der Waals surface area contributed by atoms with E-state index in [1.165, 1.54) is 6.92 Å². The van der Waals surface area contributed by atoms with Crippen LogP contribution in [0.1, 0.15) is 45.8 Å². The first-order chi connectivity index (χ1) is 11.9. The molecule has 0 saturated heterocycles. The number of pyridine rings is 1. The molecule has 25 heavy (non-hydrogen) atoms. The number of aliphatic imine (C=N–C) groups is 1. The molecule has 2 heterocycles. The van der Waals surface area contributed by atoms with Gasteiger partial charge in [-0.15, -0.1) is 0 Å². The van der Waals surface area contributed by atoms with E-state index in [2.05, 4.69) is 11.6 Å². The third-order valence-electron chi connectivity index (χ3n) is 3.93.